The van der Waals surface area contributed by atoms with Gasteiger partial charge >= 0.3 is 0 Å². The molecule has 0 saturated carbocycles. The highest BCUT2D eigenvalue weighted by atomic mass is 35.5. The minimum Gasteiger partial charge on any atom is -0.340 e. The number of anilines is 2. The van der Waals surface area contributed by atoms with Crippen molar-refractivity contribution in [2.75, 3.05) is 5.32 Å². The van der Waals surface area contributed by atoms with Gasteiger partial charge < -0.3 is 5.32 Å². The maximum absolute atomic E-state index is 5.96. The molecule has 0 atom stereocenters. The standard InChI is InChI=1S/C19H16ClN5/c1-2-17-23-18(22-14-10-8-13(20)9-11-14)16-12-21-25(19(16)24-17)15-6-4-3-5-7-15/h3-12H,2H2,1H3,(H,22,23,24). The minimum absolute atomic E-state index is 0.699. The predicted octanol–water partition coefficient (Wildman–Crippen LogP) is 4.77. The number of nitrogens with zero attached hydrogens (tertiary/aromatic N) is 4. The van der Waals surface area contributed by atoms with Gasteiger partial charge in [0.1, 0.15) is 11.6 Å². The van der Waals surface area contributed by atoms with Crippen molar-refractivity contribution >= 4 is 34.1 Å². The fraction of sp³-hybridized carbons (Fsp3) is 0.105. The van der Waals surface area contributed by atoms with Gasteiger partial charge in [0, 0.05) is 17.1 Å². The number of benzene rings is 2. The van der Waals surface area contributed by atoms with E-state index in [9.17, 15) is 0 Å². The summed E-state index contributed by atoms with van der Waals surface area (Å²) in [5, 5.41) is 9.43. The van der Waals surface area contributed by atoms with E-state index < -0.39 is 0 Å². The van der Waals surface area contributed by atoms with Crippen molar-refractivity contribution in [3.05, 3.63) is 71.6 Å². The number of aryl methyl sites for hydroxylation is 1. The number of para-hydroxylation sites is 1. The molecule has 2 aromatic carbocycles. The molecule has 5 nitrogen and oxygen atoms in total. The molecule has 0 aliphatic heterocycles. The average Bonchev–Trinajstić information content (AvgIpc) is 3.08. The zero-order valence-electron chi connectivity index (χ0n) is 13.6. The lowest BCUT2D eigenvalue weighted by molar-refractivity contribution is 0.878. The second-order valence-corrected chi connectivity index (χ2v) is 6.04. The molecule has 1 N–H and O–H groups in total. The fourth-order valence-corrected chi connectivity index (χ4v) is 2.76. The van der Waals surface area contributed by atoms with Crippen LogP contribution in [0.4, 0.5) is 11.5 Å². The van der Waals surface area contributed by atoms with Gasteiger partial charge in [-0.1, -0.05) is 36.7 Å². The van der Waals surface area contributed by atoms with Crippen molar-refractivity contribution in [2.24, 2.45) is 0 Å². The van der Waals surface area contributed by atoms with E-state index in [0.717, 1.165) is 40.5 Å². The molecule has 0 saturated heterocycles. The Labute approximate surface area is 150 Å². The second-order valence-electron chi connectivity index (χ2n) is 5.60. The zero-order chi connectivity index (χ0) is 17.2. The Hall–Kier alpha value is -2.92. The molecule has 0 aliphatic carbocycles. The summed E-state index contributed by atoms with van der Waals surface area (Å²) in [6, 6.07) is 17.5. The third-order valence-electron chi connectivity index (χ3n) is 3.90. The van der Waals surface area contributed by atoms with Gasteiger partial charge in [0.2, 0.25) is 0 Å². The Kier molecular flexibility index (Phi) is 4.07. The number of halogens is 1. The van der Waals surface area contributed by atoms with Gasteiger partial charge in [-0.05, 0) is 36.4 Å². The van der Waals surface area contributed by atoms with Crippen LogP contribution in [-0.4, -0.2) is 19.7 Å². The normalized spacial score (nSPS) is 11.0. The Morgan fingerprint density at radius 2 is 1.76 bits per heavy atom. The van der Waals surface area contributed by atoms with E-state index in [-0.39, 0.29) is 0 Å². The summed E-state index contributed by atoms with van der Waals surface area (Å²) in [7, 11) is 0. The van der Waals surface area contributed by atoms with Crippen molar-refractivity contribution in [3.8, 4) is 5.69 Å². The first-order chi connectivity index (χ1) is 12.2. The molecule has 2 heterocycles. The van der Waals surface area contributed by atoms with Crippen LogP contribution in [0, 0.1) is 0 Å². The van der Waals surface area contributed by atoms with Crippen molar-refractivity contribution in [2.45, 2.75) is 13.3 Å². The molecule has 0 fully saturated rings. The van der Waals surface area contributed by atoms with Gasteiger partial charge in [0.15, 0.2) is 5.65 Å². The van der Waals surface area contributed by atoms with Crippen molar-refractivity contribution in [1.29, 1.82) is 0 Å². The predicted molar refractivity (Wildman–Crippen MR) is 101 cm³/mol. The zero-order valence-corrected chi connectivity index (χ0v) is 14.4. The van der Waals surface area contributed by atoms with Gasteiger partial charge in [-0.15, -0.1) is 0 Å². The van der Waals surface area contributed by atoms with Crippen LogP contribution in [0.1, 0.15) is 12.7 Å². The van der Waals surface area contributed by atoms with Crippen LogP contribution in [0.2, 0.25) is 5.02 Å². The van der Waals surface area contributed by atoms with Crippen molar-refractivity contribution < 1.29 is 0 Å². The monoisotopic (exact) mass is 349 g/mol. The topological polar surface area (TPSA) is 55.6 Å². The largest absolute Gasteiger partial charge is 0.340 e. The number of rotatable bonds is 4. The summed E-state index contributed by atoms with van der Waals surface area (Å²) >= 11 is 5.96. The SMILES string of the molecule is CCc1nc(Nc2ccc(Cl)cc2)c2cnn(-c3ccccc3)c2n1. The summed E-state index contributed by atoms with van der Waals surface area (Å²) in [4.78, 5) is 9.31. The van der Waals surface area contributed by atoms with E-state index in [4.69, 9.17) is 11.6 Å². The number of aromatic nitrogens is 4. The van der Waals surface area contributed by atoms with Gasteiger partial charge in [0.25, 0.3) is 0 Å². The van der Waals surface area contributed by atoms with Crippen molar-refractivity contribution in [3.63, 3.8) is 0 Å². The van der Waals surface area contributed by atoms with Crippen molar-refractivity contribution in [1.82, 2.24) is 19.7 Å². The number of hydrogen-bond acceptors (Lipinski definition) is 4. The highest BCUT2D eigenvalue weighted by molar-refractivity contribution is 6.30. The Morgan fingerprint density at radius 1 is 1.00 bits per heavy atom. The Morgan fingerprint density at radius 3 is 2.48 bits per heavy atom. The molecule has 4 rings (SSSR count). The van der Waals surface area contributed by atoms with E-state index in [1.54, 1.807) is 6.20 Å². The summed E-state index contributed by atoms with van der Waals surface area (Å²) in [6.45, 7) is 2.04. The Balaban J connectivity index is 1.84. The molecule has 124 valence electrons. The quantitative estimate of drug-likeness (QED) is 0.576. The summed E-state index contributed by atoms with van der Waals surface area (Å²) in [6.07, 6.45) is 2.53. The molecule has 2 aromatic heterocycles. The highest BCUT2D eigenvalue weighted by Crippen LogP contribution is 2.26. The first kappa shape index (κ1) is 15.6. The van der Waals surface area contributed by atoms with Crippen LogP contribution in [0.25, 0.3) is 16.7 Å². The molecular weight excluding hydrogens is 334 g/mol. The molecule has 0 radical (unpaired) electrons. The third-order valence-corrected chi connectivity index (χ3v) is 4.15. The van der Waals surface area contributed by atoms with Gasteiger partial charge in [-0.2, -0.15) is 5.10 Å². The molecular formula is C19H16ClN5. The lowest BCUT2D eigenvalue weighted by Crippen LogP contribution is -2.03. The van der Waals surface area contributed by atoms with E-state index in [2.05, 4.69) is 20.4 Å². The lowest BCUT2D eigenvalue weighted by Gasteiger charge is -2.09. The molecule has 25 heavy (non-hydrogen) atoms. The maximum atomic E-state index is 5.96. The lowest BCUT2D eigenvalue weighted by atomic mass is 10.3. The molecule has 0 bridgehead atoms. The van der Waals surface area contributed by atoms with E-state index >= 15 is 0 Å². The number of nitrogens with one attached hydrogen (secondary N) is 1. The van der Waals surface area contributed by atoms with Gasteiger partial charge in [-0.25, -0.2) is 14.6 Å². The molecule has 0 unspecified atom stereocenters. The van der Waals surface area contributed by atoms with Crippen LogP contribution < -0.4 is 5.32 Å². The van der Waals surface area contributed by atoms with Crippen LogP contribution in [0.15, 0.2) is 60.8 Å². The highest BCUT2D eigenvalue weighted by Gasteiger charge is 2.13. The minimum atomic E-state index is 0.699. The summed E-state index contributed by atoms with van der Waals surface area (Å²) in [5.41, 5.74) is 2.67. The summed E-state index contributed by atoms with van der Waals surface area (Å²) < 4.78 is 1.84. The second kappa shape index (κ2) is 6.53. The fourth-order valence-electron chi connectivity index (χ4n) is 2.63. The Bertz CT molecular complexity index is 1010. The first-order valence-corrected chi connectivity index (χ1v) is 8.45. The summed E-state index contributed by atoms with van der Waals surface area (Å²) in [5.74, 6) is 1.51. The molecule has 4 aromatic rings. The van der Waals surface area contributed by atoms with E-state index in [1.807, 2.05) is 66.2 Å². The van der Waals surface area contributed by atoms with Gasteiger partial charge in [-0.3, -0.25) is 0 Å². The smallest absolute Gasteiger partial charge is 0.168 e. The number of hydrogen-bond donors (Lipinski definition) is 1. The van der Waals surface area contributed by atoms with Crippen LogP contribution in [0.5, 0.6) is 0 Å². The maximum Gasteiger partial charge on any atom is 0.168 e. The molecule has 0 spiro atoms. The molecule has 0 aliphatic rings. The van der Waals surface area contributed by atoms with E-state index in [0.29, 0.717) is 5.02 Å². The van der Waals surface area contributed by atoms with Crippen LogP contribution in [0.3, 0.4) is 0 Å². The number of fused-ring (bicyclic) bond motifs is 1. The van der Waals surface area contributed by atoms with E-state index in [1.165, 1.54) is 0 Å². The van der Waals surface area contributed by atoms with Crippen LogP contribution in [-0.2, 0) is 6.42 Å². The molecule has 0 amide bonds. The first-order valence-electron chi connectivity index (χ1n) is 8.07. The third kappa shape index (κ3) is 3.06. The molecule has 6 heteroatoms. The van der Waals surface area contributed by atoms with Crippen LogP contribution >= 0.6 is 11.6 Å². The van der Waals surface area contributed by atoms with Gasteiger partial charge in [0.05, 0.1) is 17.3 Å². The average molecular weight is 350 g/mol.